The van der Waals surface area contributed by atoms with Gasteiger partial charge in [-0.2, -0.15) is 5.10 Å². The predicted octanol–water partition coefficient (Wildman–Crippen LogP) is 2.67. The molecule has 0 aliphatic carbocycles. The Morgan fingerprint density at radius 2 is 2.21 bits per heavy atom. The van der Waals surface area contributed by atoms with Gasteiger partial charge in [-0.15, -0.1) is 8.78 Å². The highest BCUT2D eigenvalue weighted by Gasteiger charge is 2.43. The Bertz CT molecular complexity index is 765. The molecule has 0 N–H and O–H groups in total. The third-order valence-corrected chi connectivity index (χ3v) is 2.95. The first-order chi connectivity index (χ1) is 11.5. The topological polar surface area (TPSA) is 70.8 Å². The minimum absolute atomic E-state index is 0.0379. The number of aromatic nitrogens is 3. The number of fused-ring (bicyclic) bond motifs is 1. The van der Waals surface area contributed by atoms with Crippen LogP contribution in [-0.2, 0) is 4.84 Å². The Morgan fingerprint density at radius 3 is 2.92 bits per heavy atom. The van der Waals surface area contributed by atoms with Gasteiger partial charge < -0.3 is 14.3 Å². The second-order valence-electron chi connectivity index (χ2n) is 4.60. The van der Waals surface area contributed by atoms with Crippen LogP contribution in [-0.4, -0.2) is 33.4 Å². The van der Waals surface area contributed by atoms with Gasteiger partial charge in [0, 0.05) is 5.56 Å². The van der Waals surface area contributed by atoms with E-state index in [9.17, 15) is 13.2 Å². The zero-order chi connectivity index (χ0) is 17.2. The minimum atomic E-state index is -3.77. The van der Waals surface area contributed by atoms with E-state index in [4.69, 9.17) is 4.84 Å². The van der Waals surface area contributed by atoms with E-state index in [2.05, 4.69) is 31.3 Å². The van der Waals surface area contributed by atoms with Crippen LogP contribution >= 0.6 is 0 Å². The number of nitrogens with zero attached hydrogens (tertiary/aromatic N) is 4. The number of benzene rings is 1. The lowest BCUT2D eigenvalue weighted by Crippen LogP contribution is -2.25. The maximum atomic E-state index is 14.7. The quantitative estimate of drug-likeness (QED) is 0.350. The molecule has 0 radical (unpaired) electrons. The Hall–Kier alpha value is -3.04. The van der Waals surface area contributed by atoms with Gasteiger partial charge in [-0.3, -0.25) is 0 Å². The molecular formula is C14H11F3N4O3. The Kier molecular flexibility index (Phi) is 4.11. The first-order valence-electron chi connectivity index (χ1n) is 6.69. The van der Waals surface area contributed by atoms with E-state index in [-0.39, 0.29) is 29.4 Å². The summed E-state index contributed by atoms with van der Waals surface area (Å²) in [5, 5.41) is 7.38. The molecule has 126 valence electrons. The summed E-state index contributed by atoms with van der Waals surface area (Å²) in [7, 11) is 0. The van der Waals surface area contributed by atoms with Gasteiger partial charge in [0.25, 0.3) is 0 Å². The summed E-state index contributed by atoms with van der Waals surface area (Å²) >= 11 is 0. The molecule has 0 fully saturated rings. The van der Waals surface area contributed by atoms with Gasteiger partial charge in [0.1, 0.15) is 25.0 Å². The van der Waals surface area contributed by atoms with Gasteiger partial charge in [0.2, 0.25) is 6.30 Å². The molecule has 2 aromatic rings. The molecule has 10 heteroatoms. The van der Waals surface area contributed by atoms with E-state index in [1.165, 1.54) is 24.3 Å². The van der Waals surface area contributed by atoms with Crippen molar-refractivity contribution in [2.45, 2.75) is 12.6 Å². The summed E-state index contributed by atoms with van der Waals surface area (Å²) in [5.41, 5.74) is -0.0499. The molecule has 2 heterocycles. The molecular weight excluding hydrogens is 329 g/mol. The standard InChI is InChI=1S/C14H11F3N4O3/c1-2-5-22-20-12(13(15)21-8-18-7-19-21)9-3-4-10-11(6-9)24-14(16,17)23-10/h2-4,6-8,13H,1,5H2. The number of hydrogen-bond acceptors (Lipinski definition) is 6. The lowest BCUT2D eigenvalue weighted by molar-refractivity contribution is -0.286. The fraction of sp³-hybridized carbons (Fsp3) is 0.214. The highest BCUT2D eigenvalue weighted by Crippen LogP contribution is 2.41. The van der Waals surface area contributed by atoms with Crippen LogP contribution in [0.3, 0.4) is 0 Å². The van der Waals surface area contributed by atoms with E-state index >= 15 is 0 Å². The van der Waals surface area contributed by atoms with Crippen LogP contribution in [0.2, 0.25) is 0 Å². The highest BCUT2D eigenvalue weighted by molar-refractivity contribution is 6.02. The van der Waals surface area contributed by atoms with Crippen molar-refractivity contribution in [3.63, 3.8) is 0 Å². The third-order valence-electron chi connectivity index (χ3n) is 2.95. The van der Waals surface area contributed by atoms with Crippen LogP contribution < -0.4 is 9.47 Å². The molecule has 7 nitrogen and oxygen atoms in total. The molecule has 1 aromatic heterocycles. The Morgan fingerprint density at radius 1 is 1.42 bits per heavy atom. The molecule has 3 rings (SSSR count). The van der Waals surface area contributed by atoms with Crippen LogP contribution in [0.4, 0.5) is 13.2 Å². The third kappa shape index (κ3) is 3.16. The van der Waals surface area contributed by atoms with Crippen molar-refractivity contribution >= 4 is 5.71 Å². The molecule has 0 spiro atoms. The monoisotopic (exact) mass is 340 g/mol. The lowest BCUT2D eigenvalue weighted by atomic mass is 10.1. The van der Waals surface area contributed by atoms with Crippen molar-refractivity contribution in [3.05, 3.63) is 49.1 Å². The van der Waals surface area contributed by atoms with E-state index in [0.29, 0.717) is 0 Å². The molecule has 0 saturated carbocycles. The van der Waals surface area contributed by atoms with Crippen molar-refractivity contribution in [2.24, 2.45) is 5.16 Å². The number of rotatable bonds is 6. The SMILES string of the molecule is C=CCON=C(c1ccc2c(c1)OC(F)(F)O2)C(F)n1cncn1. The average Bonchev–Trinajstić information content (AvgIpc) is 3.16. The van der Waals surface area contributed by atoms with E-state index in [1.807, 2.05) is 0 Å². The van der Waals surface area contributed by atoms with Crippen LogP contribution in [0.5, 0.6) is 11.5 Å². The van der Waals surface area contributed by atoms with E-state index in [0.717, 1.165) is 17.3 Å². The fourth-order valence-electron chi connectivity index (χ4n) is 1.96. The molecule has 0 bridgehead atoms. The summed E-state index contributed by atoms with van der Waals surface area (Å²) in [6.07, 6.45) is -1.90. The van der Waals surface area contributed by atoms with Gasteiger partial charge >= 0.3 is 6.29 Å². The van der Waals surface area contributed by atoms with Crippen molar-refractivity contribution in [1.29, 1.82) is 0 Å². The Labute approximate surface area is 133 Å². The summed E-state index contributed by atoms with van der Waals surface area (Å²) in [6, 6.07) is 3.75. The van der Waals surface area contributed by atoms with Crippen molar-refractivity contribution < 1.29 is 27.5 Å². The maximum Gasteiger partial charge on any atom is 0.586 e. The van der Waals surface area contributed by atoms with Crippen molar-refractivity contribution in [3.8, 4) is 11.5 Å². The van der Waals surface area contributed by atoms with Gasteiger partial charge in [-0.1, -0.05) is 17.8 Å². The molecule has 1 atom stereocenters. The molecule has 0 amide bonds. The van der Waals surface area contributed by atoms with Crippen LogP contribution in [0, 0.1) is 0 Å². The number of halogens is 3. The van der Waals surface area contributed by atoms with Crippen LogP contribution in [0.15, 0.2) is 48.7 Å². The van der Waals surface area contributed by atoms with Crippen molar-refractivity contribution in [2.75, 3.05) is 6.61 Å². The average molecular weight is 340 g/mol. The summed E-state index contributed by atoms with van der Waals surface area (Å²) in [6.45, 7) is 3.49. The van der Waals surface area contributed by atoms with E-state index < -0.39 is 12.6 Å². The zero-order valence-corrected chi connectivity index (χ0v) is 12.1. The zero-order valence-electron chi connectivity index (χ0n) is 12.1. The highest BCUT2D eigenvalue weighted by atomic mass is 19.3. The summed E-state index contributed by atoms with van der Waals surface area (Å²) in [5.74, 6) is -0.397. The smallest absolute Gasteiger partial charge is 0.395 e. The second kappa shape index (κ2) is 6.22. The van der Waals surface area contributed by atoms with Gasteiger partial charge in [-0.25, -0.2) is 14.1 Å². The molecule has 0 saturated heterocycles. The normalized spacial score (nSPS) is 16.7. The van der Waals surface area contributed by atoms with E-state index in [1.54, 1.807) is 0 Å². The first kappa shape index (κ1) is 15.8. The fourth-order valence-corrected chi connectivity index (χ4v) is 1.96. The van der Waals surface area contributed by atoms with Crippen LogP contribution in [0.25, 0.3) is 0 Å². The summed E-state index contributed by atoms with van der Waals surface area (Å²) < 4.78 is 50.4. The van der Waals surface area contributed by atoms with Gasteiger partial charge in [0.15, 0.2) is 11.5 Å². The molecule has 1 aliphatic heterocycles. The second-order valence-corrected chi connectivity index (χ2v) is 4.60. The minimum Gasteiger partial charge on any atom is -0.395 e. The number of oxime groups is 1. The first-order valence-corrected chi connectivity index (χ1v) is 6.69. The van der Waals surface area contributed by atoms with Gasteiger partial charge in [0.05, 0.1) is 0 Å². The largest absolute Gasteiger partial charge is 0.586 e. The maximum absolute atomic E-state index is 14.7. The van der Waals surface area contributed by atoms with Gasteiger partial charge in [-0.05, 0) is 18.2 Å². The Balaban J connectivity index is 1.94. The molecule has 1 aromatic carbocycles. The summed E-state index contributed by atoms with van der Waals surface area (Å²) in [4.78, 5) is 8.58. The number of hydrogen-bond donors (Lipinski definition) is 0. The molecule has 1 unspecified atom stereocenters. The molecule has 1 aliphatic rings. The number of alkyl halides is 3. The van der Waals surface area contributed by atoms with Crippen LogP contribution in [0.1, 0.15) is 11.9 Å². The predicted molar refractivity (Wildman–Crippen MR) is 75.5 cm³/mol. The van der Waals surface area contributed by atoms with Crippen molar-refractivity contribution in [1.82, 2.24) is 14.8 Å². The number of ether oxygens (including phenoxy) is 2. The lowest BCUT2D eigenvalue weighted by Gasteiger charge is -2.12. The molecule has 24 heavy (non-hydrogen) atoms.